The fourth-order valence-electron chi connectivity index (χ4n) is 3.11. The highest BCUT2D eigenvalue weighted by atomic mass is 16.1. The molecule has 8 nitrogen and oxygen atoms in total. The van der Waals surface area contributed by atoms with E-state index in [1.807, 2.05) is 17.7 Å². The lowest BCUT2D eigenvalue weighted by Crippen LogP contribution is -2.15. The molecule has 1 N–H and O–H groups in total. The molecular formula is C19H19N7O. The van der Waals surface area contributed by atoms with E-state index in [1.54, 1.807) is 6.20 Å². The van der Waals surface area contributed by atoms with Crippen molar-refractivity contribution in [3.8, 4) is 17.1 Å². The Bertz CT molecular complexity index is 1120. The molecule has 136 valence electrons. The summed E-state index contributed by atoms with van der Waals surface area (Å²) < 4.78 is 3.58. The lowest BCUT2D eigenvalue weighted by atomic mass is 10.0. The van der Waals surface area contributed by atoms with Crippen molar-refractivity contribution >= 4 is 22.9 Å². The first kappa shape index (κ1) is 16.9. The van der Waals surface area contributed by atoms with Crippen LogP contribution in [0.3, 0.4) is 0 Å². The Balaban J connectivity index is 1.95. The zero-order valence-corrected chi connectivity index (χ0v) is 15.3. The van der Waals surface area contributed by atoms with Crippen LogP contribution in [-0.2, 0) is 11.3 Å². The van der Waals surface area contributed by atoms with Crippen molar-refractivity contribution in [2.75, 3.05) is 5.32 Å². The molecule has 0 unspecified atom stereocenters. The van der Waals surface area contributed by atoms with Gasteiger partial charge >= 0.3 is 0 Å². The van der Waals surface area contributed by atoms with Crippen LogP contribution in [0, 0.1) is 6.92 Å². The summed E-state index contributed by atoms with van der Waals surface area (Å²) in [7, 11) is 0. The fraction of sp³-hybridized carbons (Fsp3) is 0.211. The topological polar surface area (TPSA) is 90.5 Å². The van der Waals surface area contributed by atoms with E-state index in [-0.39, 0.29) is 5.91 Å². The van der Waals surface area contributed by atoms with E-state index in [0.29, 0.717) is 18.4 Å². The second-order valence-electron chi connectivity index (χ2n) is 6.25. The molecule has 0 fully saturated rings. The van der Waals surface area contributed by atoms with Crippen molar-refractivity contribution in [3.05, 3.63) is 48.5 Å². The minimum atomic E-state index is -0.217. The van der Waals surface area contributed by atoms with Crippen LogP contribution in [0.4, 0.5) is 5.95 Å². The maximum absolute atomic E-state index is 11.5. The van der Waals surface area contributed by atoms with Crippen LogP contribution in [0.15, 0.2) is 43.0 Å². The van der Waals surface area contributed by atoms with Crippen LogP contribution in [0.2, 0.25) is 0 Å². The van der Waals surface area contributed by atoms with Gasteiger partial charge in [0, 0.05) is 25.2 Å². The van der Waals surface area contributed by atoms with E-state index in [9.17, 15) is 4.79 Å². The molecular weight excluding hydrogens is 342 g/mol. The Morgan fingerprint density at radius 2 is 1.96 bits per heavy atom. The van der Waals surface area contributed by atoms with Gasteiger partial charge in [0.2, 0.25) is 17.8 Å². The van der Waals surface area contributed by atoms with Crippen molar-refractivity contribution in [1.29, 1.82) is 0 Å². The summed E-state index contributed by atoms with van der Waals surface area (Å²) in [5, 5.41) is 6.93. The van der Waals surface area contributed by atoms with E-state index in [4.69, 9.17) is 4.98 Å². The summed E-state index contributed by atoms with van der Waals surface area (Å²) in [6.45, 7) is 6.21. The molecule has 0 saturated heterocycles. The average molecular weight is 361 g/mol. The van der Waals surface area contributed by atoms with E-state index in [0.717, 1.165) is 22.2 Å². The lowest BCUT2D eigenvalue weighted by molar-refractivity contribution is -0.114. The number of imidazole rings is 1. The van der Waals surface area contributed by atoms with Crippen LogP contribution in [0.5, 0.6) is 0 Å². The Labute approximate surface area is 155 Å². The molecule has 0 aliphatic heterocycles. The van der Waals surface area contributed by atoms with Gasteiger partial charge in [-0.15, -0.1) is 0 Å². The number of anilines is 1. The second-order valence-corrected chi connectivity index (χ2v) is 6.25. The van der Waals surface area contributed by atoms with E-state index in [2.05, 4.69) is 51.6 Å². The number of carbonyl (C=O) groups excluding carboxylic acids is 1. The Hall–Kier alpha value is -3.55. The van der Waals surface area contributed by atoms with E-state index < -0.39 is 0 Å². The summed E-state index contributed by atoms with van der Waals surface area (Å²) in [5.74, 6) is 0.692. The summed E-state index contributed by atoms with van der Waals surface area (Å²) in [5.41, 5.74) is 4.99. The first-order chi connectivity index (χ1) is 13.1. The first-order valence-corrected chi connectivity index (χ1v) is 8.67. The molecule has 27 heavy (non-hydrogen) atoms. The van der Waals surface area contributed by atoms with Gasteiger partial charge in [0.1, 0.15) is 11.8 Å². The van der Waals surface area contributed by atoms with Gasteiger partial charge in [0.15, 0.2) is 0 Å². The Morgan fingerprint density at radius 3 is 2.67 bits per heavy atom. The van der Waals surface area contributed by atoms with Crippen LogP contribution < -0.4 is 5.32 Å². The highest BCUT2D eigenvalue weighted by Gasteiger charge is 2.19. The summed E-state index contributed by atoms with van der Waals surface area (Å²) in [6, 6.07) is 8.31. The van der Waals surface area contributed by atoms with E-state index in [1.165, 1.54) is 23.5 Å². The maximum Gasteiger partial charge on any atom is 0.235 e. The number of aryl methyl sites for hydroxylation is 2. The molecule has 4 aromatic rings. The van der Waals surface area contributed by atoms with Crippen LogP contribution >= 0.6 is 0 Å². The van der Waals surface area contributed by atoms with Crippen LogP contribution in [-0.4, -0.2) is 35.2 Å². The zero-order valence-electron chi connectivity index (χ0n) is 15.3. The molecule has 4 rings (SSSR count). The molecule has 0 radical (unpaired) electrons. The van der Waals surface area contributed by atoms with Crippen LogP contribution in [0.25, 0.3) is 28.1 Å². The molecule has 0 bridgehead atoms. The number of amides is 1. The smallest absolute Gasteiger partial charge is 0.235 e. The van der Waals surface area contributed by atoms with Gasteiger partial charge in [-0.2, -0.15) is 14.8 Å². The van der Waals surface area contributed by atoms with Gasteiger partial charge in [0.05, 0.1) is 11.7 Å². The second kappa shape index (κ2) is 6.64. The van der Waals surface area contributed by atoms with Gasteiger partial charge in [-0.25, -0.2) is 4.98 Å². The molecule has 0 spiro atoms. The SMILES string of the molecule is CCn1c(-n2ncnc2NC(C)=O)nc2cncc(-c3ccc(C)cc3)c21. The van der Waals surface area contributed by atoms with Gasteiger partial charge in [-0.3, -0.25) is 15.1 Å². The van der Waals surface area contributed by atoms with Gasteiger partial charge < -0.3 is 4.57 Å². The first-order valence-electron chi connectivity index (χ1n) is 8.67. The third kappa shape index (κ3) is 2.95. The molecule has 0 aliphatic carbocycles. The van der Waals surface area contributed by atoms with Crippen molar-refractivity contribution in [1.82, 2.24) is 29.3 Å². The number of rotatable bonds is 4. The monoisotopic (exact) mass is 361 g/mol. The van der Waals surface area contributed by atoms with Crippen molar-refractivity contribution < 1.29 is 4.79 Å². The number of aromatic nitrogens is 6. The number of benzene rings is 1. The standard InChI is InChI=1S/C19H19N7O/c1-4-25-17-15(14-7-5-12(2)6-8-14)9-20-10-16(17)24-19(25)26-18(21-11-22-26)23-13(3)27/h5-11H,4H2,1-3H3,(H,21,22,23,27). The Morgan fingerprint density at radius 1 is 1.19 bits per heavy atom. The van der Waals surface area contributed by atoms with Crippen molar-refractivity contribution in [2.45, 2.75) is 27.3 Å². The molecule has 0 aliphatic rings. The largest absolute Gasteiger partial charge is 0.308 e. The number of fused-ring (bicyclic) bond motifs is 1. The van der Waals surface area contributed by atoms with Crippen molar-refractivity contribution in [2.24, 2.45) is 0 Å². The lowest BCUT2D eigenvalue weighted by Gasteiger charge is -2.10. The minimum Gasteiger partial charge on any atom is -0.308 e. The molecule has 0 atom stereocenters. The normalized spacial score (nSPS) is 11.1. The highest BCUT2D eigenvalue weighted by molar-refractivity contribution is 5.92. The number of nitrogens with zero attached hydrogens (tertiary/aromatic N) is 6. The predicted molar refractivity (Wildman–Crippen MR) is 103 cm³/mol. The Kier molecular flexibility index (Phi) is 4.15. The fourth-order valence-corrected chi connectivity index (χ4v) is 3.11. The molecule has 3 aromatic heterocycles. The third-order valence-corrected chi connectivity index (χ3v) is 4.33. The summed E-state index contributed by atoms with van der Waals surface area (Å²) in [4.78, 5) is 24.6. The van der Waals surface area contributed by atoms with Crippen LogP contribution in [0.1, 0.15) is 19.4 Å². The summed E-state index contributed by atoms with van der Waals surface area (Å²) >= 11 is 0. The quantitative estimate of drug-likeness (QED) is 0.603. The van der Waals surface area contributed by atoms with Gasteiger partial charge in [0.25, 0.3) is 0 Å². The number of pyridine rings is 1. The number of hydrogen-bond donors (Lipinski definition) is 1. The summed E-state index contributed by atoms with van der Waals surface area (Å²) in [6.07, 6.45) is 4.97. The molecule has 1 amide bonds. The number of carbonyl (C=O) groups is 1. The van der Waals surface area contributed by atoms with Gasteiger partial charge in [-0.1, -0.05) is 29.8 Å². The average Bonchev–Trinajstić information content (AvgIpc) is 3.25. The minimum absolute atomic E-state index is 0.217. The van der Waals surface area contributed by atoms with Gasteiger partial charge in [-0.05, 0) is 19.4 Å². The highest BCUT2D eigenvalue weighted by Crippen LogP contribution is 2.30. The number of hydrogen-bond acceptors (Lipinski definition) is 5. The predicted octanol–water partition coefficient (Wildman–Crippen LogP) is 2.97. The zero-order chi connectivity index (χ0) is 19.0. The van der Waals surface area contributed by atoms with E-state index >= 15 is 0 Å². The molecule has 8 heteroatoms. The molecule has 1 aromatic carbocycles. The molecule has 3 heterocycles. The van der Waals surface area contributed by atoms with Crippen molar-refractivity contribution in [3.63, 3.8) is 0 Å². The third-order valence-electron chi connectivity index (χ3n) is 4.33. The molecule has 0 saturated carbocycles. The maximum atomic E-state index is 11.5. The number of nitrogens with one attached hydrogen (secondary N) is 1.